The molecular formula is C17H23NO. The first-order valence-electron chi connectivity index (χ1n) is 6.92. The maximum atomic E-state index is 5.72. The molecule has 0 amide bonds. The van der Waals surface area contributed by atoms with Crippen molar-refractivity contribution >= 4 is 0 Å². The monoisotopic (exact) mass is 257 g/mol. The van der Waals surface area contributed by atoms with E-state index >= 15 is 0 Å². The summed E-state index contributed by atoms with van der Waals surface area (Å²) in [4.78, 5) is 0. The molecule has 0 radical (unpaired) electrons. The topological polar surface area (TPSA) is 25.2 Å². The molecule has 1 unspecified atom stereocenters. The molecule has 2 nitrogen and oxygen atoms in total. The summed E-state index contributed by atoms with van der Waals surface area (Å²) in [6.45, 7) is 6.47. The van der Waals surface area contributed by atoms with Gasteiger partial charge in [-0.15, -0.1) is 0 Å². The molecule has 2 rings (SSSR count). The van der Waals surface area contributed by atoms with Crippen molar-refractivity contribution in [1.29, 1.82) is 0 Å². The summed E-state index contributed by atoms with van der Waals surface area (Å²) in [7, 11) is 1.96. The zero-order chi connectivity index (χ0) is 13.8. The first-order chi connectivity index (χ1) is 9.10. The molecule has 0 aliphatic carbocycles. The van der Waals surface area contributed by atoms with Crippen LogP contribution in [0.1, 0.15) is 42.5 Å². The number of hydrogen-bond acceptors (Lipinski definition) is 2. The van der Waals surface area contributed by atoms with E-state index in [1.54, 1.807) is 0 Å². The summed E-state index contributed by atoms with van der Waals surface area (Å²) in [5, 5.41) is 3.31. The van der Waals surface area contributed by atoms with Gasteiger partial charge in [-0.3, -0.25) is 0 Å². The van der Waals surface area contributed by atoms with E-state index in [9.17, 15) is 0 Å². The molecule has 2 heteroatoms. The summed E-state index contributed by atoms with van der Waals surface area (Å²) >= 11 is 0. The van der Waals surface area contributed by atoms with Crippen LogP contribution in [0.5, 0.6) is 0 Å². The molecular weight excluding hydrogens is 234 g/mol. The van der Waals surface area contributed by atoms with Crippen LogP contribution in [0, 0.1) is 12.8 Å². The molecule has 1 N–H and O–H groups in total. The Balaban J connectivity index is 2.19. The summed E-state index contributed by atoms with van der Waals surface area (Å²) in [5.41, 5.74) is 2.63. The molecule has 19 heavy (non-hydrogen) atoms. The van der Waals surface area contributed by atoms with Gasteiger partial charge in [0.1, 0.15) is 11.5 Å². The van der Waals surface area contributed by atoms with Crippen molar-refractivity contribution < 1.29 is 4.42 Å². The predicted octanol–water partition coefficient (Wildman–Crippen LogP) is 4.10. The highest BCUT2D eigenvalue weighted by Gasteiger charge is 2.15. The molecule has 0 saturated heterocycles. The molecule has 1 atom stereocenters. The van der Waals surface area contributed by atoms with E-state index in [0.29, 0.717) is 5.92 Å². The Bertz CT molecular complexity index is 510. The molecule has 1 heterocycles. The molecule has 0 spiro atoms. The van der Waals surface area contributed by atoms with Crippen LogP contribution in [0.2, 0.25) is 0 Å². The Labute approximate surface area is 115 Å². The van der Waals surface area contributed by atoms with Gasteiger partial charge in [-0.25, -0.2) is 0 Å². The van der Waals surface area contributed by atoms with Crippen molar-refractivity contribution in [1.82, 2.24) is 5.32 Å². The lowest BCUT2D eigenvalue weighted by Gasteiger charge is -2.15. The van der Waals surface area contributed by atoms with Gasteiger partial charge < -0.3 is 9.73 Å². The molecule has 0 saturated carbocycles. The average Bonchev–Trinajstić information content (AvgIpc) is 2.78. The highest BCUT2D eigenvalue weighted by molar-refractivity contribution is 5.30. The summed E-state index contributed by atoms with van der Waals surface area (Å²) in [6.07, 6.45) is 1.13. The number of hydrogen-bond donors (Lipinski definition) is 1. The van der Waals surface area contributed by atoms with Crippen LogP contribution in [-0.2, 0) is 6.42 Å². The van der Waals surface area contributed by atoms with Gasteiger partial charge in [-0.05, 0) is 49.6 Å². The van der Waals surface area contributed by atoms with E-state index in [1.807, 2.05) is 26.1 Å². The second-order valence-electron chi connectivity index (χ2n) is 5.51. The summed E-state index contributed by atoms with van der Waals surface area (Å²) < 4.78 is 5.72. The molecule has 0 aliphatic heterocycles. The maximum absolute atomic E-state index is 5.72. The fraction of sp³-hybridized carbons (Fsp3) is 0.412. The average molecular weight is 257 g/mol. The van der Waals surface area contributed by atoms with E-state index in [-0.39, 0.29) is 6.04 Å². The van der Waals surface area contributed by atoms with E-state index in [0.717, 1.165) is 17.9 Å². The van der Waals surface area contributed by atoms with Crippen LogP contribution in [0.15, 0.2) is 40.8 Å². The van der Waals surface area contributed by atoms with Gasteiger partial charge in [-0.1, -0.05) is 38.1 Å². The van der Waals surface area contributed by atoms with E-state index in [2.05, 4.69) is 43.4 Å². The first kappa shape index (κ1) is 13.9. The Kier molecular flexibility index (Phi) is 4.43. The second-order valence-corrected chi connectivity index (χ2v) is 5.51. The second kappa shape index (κ2) is 6.07. The minimum absolute atomic E-state index is 0.127. The number of benzene rings is 1. The van der Waals surface area contributed by atoms with Crippen molar-refractivity contribution in [2.45, 2.75) is 33.2 Å². The van der Waals surface area contributed by atoms with Gasteiger partial charge in [-0.2, -0.15) is 0 Å². The number of furan rings is 1. The molecule has 1 aromatic carbocycles. The molecule has 0 fully saturated rings. The predicted molar refractivity (Wildman–Crippen MR) is 79.3 cm³/mol. The van der Waals surface area contributed by atoms with E-state index in [4.69, 9.17) is 4.42 Å². The Morgan fingerprint density at radius 2 is 1.74 bits per heavy atom. The van der Waals surface area contributed by atoms with Gasteiger partial charge in [0.2, 0.25) is 0 Å². The molecule has 0 bridgehead atoms. The zero-order valence-corrected chi connectivity index (χ0v) is 12.2. The lowest BCUT2D eigenvalue weighted by atomic mass is 9.98. The van der Waals surface area contributed by atoms with Crippen LogP contribution < -0.4 is 5.32 Å². The third-order valence-electron chi connectivity index (χ3n) is 3.29. The largest absolute Gasteiger partial charge is 0.464 e. The molecule has 0 aliphatic rings. The summed E-state index contributed by atoms with van der Waals surface area (Å²) in [5.74, 6) is 2.61. The maximum Gasteiger partial charge on any atom is 0.125 e. The van der Waals surface area contributed by atoms with Crippen molar-refractivity contribution in [3.8, 4) is 0 Å². The molecule has 2 aromatic rings. The highest BCUT2D eigenvalue weighted by Crippen LogP contribution is 2.24. The van der Waals surface area contributed by atoms with Gasteiger partial charge in [0, 0.05) is 0 Å². The van der Waals surface area contributed by atoms with Crippen LogP contribution >= 0.6 is 0 Å². The summed E-state index contributed by atoms with van der Waals surface area (Å²) in [6, 6.07) is 13.0. The number of nitrogens with one attached hydrogen (secondary N) is 1. The number of aryl methyl sites for hydroxylation is 1. The van der Waals surface area contributed by atoms with Crippen LogP contribution in [0.3, 0.4) is 0 Å². The highest BCUT2D eigenvalue weighted by atomic mass is 16.3. The standard InChI is InChI=1S/C17H23NO/c1-12(2)11-14-6-8-15(9-7-14)17(18-4)16-10-5-13(3)19-16/h5-10,12,17-18H,11H2,1-4H3. The Morgan fingerprint density at radius 1 is 1.05 bits per heavy atom. The van der Waals surface area contributed by atoms with E-state index < -0.39 is 0 Å². The quantitative estimate of drug-likeness (QED) is 0.872. The van der Waals surface area contributed by atoms with Crippen LogP contribution in [0.4, 0.5) is 0 Å². The normalized spacial score (nSPS) is 12.9. The SMILES string of the molecule is CNC(c1ccc(CC(C)C)cc1)c1ccc(C)o1. The fourth-order valence-corrected chi connectivity index (χ4v) is 2.40. The molecule has 1 aromatic heterocycles. The van der Waals surface area contributed by atoms with Crippen molar-refractivity contribution in [2.24, 2.45) is 5.92 Å². The number of rotatable bonds is 5. The fourth-order valence-electron chi connectivity index (χ4n) is 2.40. The minimum atomic E-state index is 0.127. The molecule has 102 valence electrons. The van der Waals surface area contributed by atoms with Gasteiger partial charge >= 0.3 is 0 Å². The lowest BCUT2D eigenvalue weighted by Crippen LogP contribution is -2.17. The smallest absolute Gasteiger partial charge is 0.125 e. The van der Waals surface area contributed by atoms with E-state index in [1.165, 1.54) is 11.1 Å². The van der Waals surface area contributed by atoms with Crippen molar-refractivity contribution in [3.63, 3.8) is 0 Å². The van der Waals surface area contributed by atoms with Gasteiger partial charge in [0.15, 0.2) is 0 Å². The lowest BCUT2D eigenvalue weighted by molar-refractivity contribution is 0.444. The third-order valence-corrected chi connectivity index (χ3v) is 3.29. The minimum Gasteiger partial charge on any atom is -0.464 e. The van der Waals surface area contributed by atoms with Crippen molar-refractivity contribution in [3.05, 3.63) is 59.0 Å². The Hall–Kier alpha value is -1.54. The third kappa shape index (κ3) is 3.48. The van der Waals surface area contributed by atoms with Crippen LogP contribution in [0.25, 0.3) is 0 Å². The zero-order valence-electron chi connectivity index (χ0n) is 12.2. The van der Waals surface area contributed by atoms with Crippen LogP contribution in [-0.4, -0.2) is 7.05 Å². The Morgan fingerprint density at radius 3 is 2.21 bits per heavy atom. The van der Waals surface area contributed by atoms with Gasteiger partial charge in [0.25, 0.3) is 0 Å². The first-order valence-corrected chi connectivity index (χ1v) is 6.92. The van der Waals surface area contributed by atoms with Crippen molar-refractivity contribution in [2.75, 3.05) is 7.05 Å². The van der Waals surface area contributed by atoms with Gasteiger partial charge in [0.05, 0.1) is 6.04 Å².